The van der Waals surface area contributed by atoms with Gasteiger partial charge in [0.1, 0.15) is 5.82 Å². The van der Waals surface area contributed by atoms with Gasteiger partial charge in [-0.2, -0.15) is 9.97 Å². The number of rotatable bonds is 3. The molecule has 1 fully saturated rings. The van der Waals surface area contributed by atoms with Gasteiger partial charge < -0.3 is 21.1 Å². The number of hydrogen-bond donors (Lipinski definition) is 4. The van der Waals surface area contributed by atoms with Crippen molar-refractivity contribution >= 4 is 22.8 Å². The van der Waals surface area contributed by atoms with E-state index >= 15 is 0 Å². The van der Waals surface area contributed by atoms with Crippen LogP contribution in [0.4, 0.5) is 11.8 Å². The minimum absolute atomic E-state index is 0.0762. The second-order valence-corrected chi connectivity index (χ2v) is 6.34. The molecule has 7 nitrogen and oxygen atoms in total. The van der Waals surface area contributed by atoms with E-state index in [-0.39, 0.29) is 6.04 Å². The van der Waals surface area contributed by atoms with E-state index in [2.05, 4.69) is 32.8 Å². The van der Waals surface area contributed by atoms with Gasteiger partial charge in [-0.25, -0.2) is 4.98 Å². The largest absolute Gasteiger partial charge is 0.390 e. The first-order chi connectivity index (χ1) is 11.2. The van der Waals surface area contributed by atoms with Gasteiger partial charge in [0.2, 0.25) is 5.95 Å². The Balaban J connectivity index is 1.80. The quantitative estimate of drug-likeness (QED) is 0.659. The van der Waals surface area contributed by atoms with Gasteiger partial charge >= 0.3 is 0 Å². The lowest BCUT2D eigenvalue weighted by Gasteiger charge is -2.17. The second-order valence-electron chi connectivity index (χ2n) is 6.34. The minimum Gasteiger partial charge on any atom is -0.390 e. The smallest absolute Gasteiger partial charge is 0.227 e. The molecule has 23 heavy (non-hydrogen) atoms. The first-order valence-corrected chi connectivity index (χ1v) is 8.20. The molecule has 7 heteroatoms. The highest BCUT2D eigenvalue weighted by Gasteiger charge is 2.26. The number of nitrogens with zero attached hydrogens (tertiary/aromatic N) is 3. The van der Waals surface area contributed by atoms with Crippen LogP contribution in [0.25, 0.3) is 11.0 Å². The third-order valence-corrected chi connectivity index (χ3v) is 4.88. The summed E-state index contributed by atoms with van der Waals surface area (Å²) in [6.07, 6.45) is 2.85. The van der Waals surface area contributed by atoms with Crippen LogP contribution in [0.3, 0.4) is 0 Å². The number of anilines is 2. The maximum atomic E-state index is 9.95. The van der Waals surface area contributed by atoms with E-state index in [0.717, 1.165) is 36.1 Å². The summed E-state index contributed by atoms with van der Waals surface area (Å²) in [5.41, 5.74) is 4.49. The van der Waals surface area contributed by atoms with Crippen LogP contribution in [0.1, 0.15) is 23.2 Å². The van der Waals surface area contributed by atoms with E-state index in [0.29, 0.717) is 19.0 Å². The molecule has 0 unspecified atom stereocenters. The Morgan fingerprint density at radius 2 is 2.04 bits per heavy atom. The predicted molar refractivity (Wildman–Crippen MR) is 89.9 cm³/mol. The maximum absolute atomic E-state index is 9.95. The molecule has 2 atom stereocenters. The molecule has 3 heterocycles. The Labute approximate surface area is 134 Å². The third-order valence-electron chi connectivity index (χ3n) is 4.88. The normalized spacial score (nSPS) is 23.3. The summed E-state index contributed by atoms with van der Waals surface area (Å²) in [4.78, 5) is 14.0. The zero-order valence-corrected chi connectivity index (χ0v) is 13.5. The second kappa shape index (κ2) is 5.58. The summed E-state index contributed by atoms with van der Waals surface area (Å²) in [6, 6.07) is -0.0762. The zero-order valence-electron chi connectivity index (χ0n) is 13.5. The monoisotopic (exact) mass is 314 g/mol. The summed E-state index contributed by atoms with van der Waals surface area (Å²) in [5.74, 6) is 1.30. The van der Waals surface area contributed by atoms with Crippen LogP contribution in [-0.4, -0.2) is 52.3 Å². The van der Waals surface area contributed by atoms with Crippen LogP contribution >= 0.6 is 0 Å². The van der Waals surface area contributed by atoms with Crippen molar-refractivity contribution < 1.29 is 5.11 Å². The van der Waals surface area contributed by atoms with E-state index in [1.54, 1.807) is 0 Å². The van der Waals surface area contributed by atoms with E-state index in [4.69, 9.17) is 4.98 Å². The van der Waals surface area contributed by atoms with Crippen molar-refractivity contribution in [2.75, 3.05) is 30.8 Å². The topological polar surface area (TPSA) is 95.0 Å². The van der Waals surface area contributed by atoms with E-state index < -0.39 is 6.10 Å². The molecule has 122 valence electrons. The number of aliphatic hydroxyl groups is 1. The van der Waals surface area contributed by atoms with Crippen LogP contribution in [0.2, 0.25) is 0 Å². The fourth-order valence-corrected chi connectivity index (χ4v) is 3.63. The Hall–Kier alpha value is -1.99. The van der Waals surface area contributed by atoms with E-state index in [1.807, 2.05) is 7.05 Å². The molecule has 1 aliphatic heterocycles. The third kappa shape index (κ3) is 2.40. The summed E-state index contributed by atoms with van der Waals surface area (Å²) < 4.78 is 0. The van der Waals surface area contributed by atoms with Crippen LogP contribution in [0.15, 0.2) is 0 Å². The molecular formula is C16H22N6O. The molecule has 0 amide bonds. The van der Waals surface area contributed by atoms with Crippen molar-refractivity contribution in [3.8, 4) is 0 Å². The number of aliphatic hydroxyl groups excluding tert-OH is 1. The molecule has 0 saturated carbocycles. The molecule has 0 aromatic carbocycles. The summed E-state index contributed by atoms with van der Waals surface area (Å²) in [7, 11) is 1.87. The van der Waals surface area contributed by atoms with Gasteiger partial charge in [0.05, 0.1) is 17.5 Å². The van der Waals surface area contributed by atoms with Crippen molar-refractivity contribution in [1.82, 2.24) is 20.3 Å². The van der Waals surface area contributed by atoms with Crippen LogP contribution in [0.5, 0.6) is 0 Å². The van der Waals surface area contributed by atoms with Gasteiger partial charge in [0.25, 0.3) is 0 Å². The SMILES string of the molecule is CNc1nc(N[C@H]2CNC[C@H]2O)nc2nc3c(c(C)c12)CCC3. The molecule has 2 aromatic heterocycles. The number of fused-ring (bicyclic) bond motifs is 2. The number of aromatic nitrogens is 3. The first kappa shape index (κ1) is 14.6. The van der Waals surface area contributed by atoms with Crippen LogP contribution in [-0.2, 0) is 12.8 Å². The Bertz CT molecular complexity index is 762. The molecule has 1 aliphatic carbocycles. The first-order valence-electron chi connectivity index (χ1n) is 8.20. The number of hydrogen-bond acceptors (Lipinski definition) is 7. The number of nitrogens with one attached hydrogen (secondary N) is 3. The Morgan fingerprint density at radius 3 is 2.78 bits per heavy atom. The van der Waals surface area contributed by atoms with Crippen molar-refractivity contribution in [3.05, 3.63) is 16.8 Å². The zero-order chi connectivity index (χ0) is 16.0. The number of aryl methyl sites for hydroxylation is 2. The molecule has 2 aromatic rings. The molecular weight excluding hydrogens is 292 g/mol. The van der Waals surface area contributed by atoms with Crippen LogP contribution in [0, 0.1) is 6.92 Å². The van der Waals surface area contributed by atoms with Crippen molar-refractivity contribution in [3.63, 3.8) is 0 Å². The fourth-order valence-electron chi connectivity index (χ4n) is 3.63. The summed E-state index contributed by atoms with van der Waals surface area (Å²) in [5, 5.41) is 20.5. The summed E-state index contributed by atoms with van der Waals surface area (Å²) in [6.45, 7) is 3.43. The average molecular weight is 314 g/mol. The van der Waals surface area contributed by atoms with Gasteiger partial charge in [-0.1, -0.05) is 0 Å². The lowest BCUT2D eigenvalue weighted by molar-refractivity contribution is 0.185. The van der Waals surface area contributed by atoms with Crippen molar-refractivity contribution in [2.45, 2.75) is 38.3 Å². The van der Waals surface area contributed by atoms with Crippen molar-refractivity contribution in [1.29, 1.82) is 0 Å². The molecule has 4 rings (SSSR count). The maximum Gasteiger partial charge on any atom is 0.227 e. The average Bonchev–Trinajstić information content (AvgIpc) is 3.16. The highest BCUT2D eigenvalue weighted by atomic mass is 16.3. The van der Waals surface area contributed by atoms with Crippen molar-refractivity contribution in [2.24, 2.45) is 0 Å². The van der Waals surface area contributed by atoms with Gasteiger partial charge in [0, 0.05) is 25.8 Å². The minimum atomic E-state index is -0.429. The molecule has 0 bridgehead atoms. The van der Waals surface area contributed by atoms with Crippen LogP contribution < -0.4 is 16.0 Å². The summed E-state index contributed by atoms with van der Waals surface area (Å²) >= 11 is 0. The Kier molecular flexibility index (Phi) is 3.54. The Morgan fingerprint density at radius 1 is 1.17 bits per heavy atom. The van der Waals surface area contributed by atoms with E-state index in [9.17, 15) is 5.11 Å². The molecule has 0 spiro atoms. The standard InChI is InChI=1S/C16H22N6O/c1-8-9-4-3-5-10(9)19-15-13(8)14(17-2)21-16(22-15)20-11-6-18-7-12(11)23/h11-12,18,23H,3-7H2,1-2H3,(H2,17,19,20,21,22)/t11-,12+/m0/s1. The lowest BCUT2D eigenvalue weighted by Crippen LogP contribution is -2.32. The molecule has 0 radical (unpaired) electrons. The fraction of sp³-hybridized carbons (Fsp3) is 0.562. The highest BCUT2D eigenvalue weighted by molar-refractivity contribution is 5.91. The lowest BCUT2D eigenvalue weighted by atomic mass is 10.1. The van der Waals surface area contributed by atoms with Gasteiger partial charge in [-0.3, -0.25) is 0 Å². The highest BCUT2D eigenvalue weighted by Crippen LogP contribution is 2.32. The van der Waals surface area contributed by atoms with E-state index in [1.165, 1.54) is 16.8 Å². The number of β-amino-alcohol motifs (C(OH)–C–C–N with tert-alkyl or cyclic N) is 1. The predicted octanol–water partition coefficient (Wildman–Crippen LogP) is 0.608. The molecule has 1 saturated heterocycles. The molecule has 4 N–H and O–H groups in total. The molecule has 2 aliphatic rings. The number of pyridine rings is 1. The van der Waals surface area contributed by atoms with Gasteiger partial charge in [-0.15, -0.1) is 0 Å². The van der Waals surface area contributed by atoms with Gasteiger partial charge in [0.15, 0.2) is 5.65 Å². The van der Waals surface area contributed by atoms with Gasteiger partial charge in [-0.05, 0) is 37.3 Å².